The SMILES string of the molecule is Cc1cc(C)c(NC(=O)[C@H]2[C@@H](C(=O)O)[C@H]3C=C[C@@H]2C3)c(C)c1. The van der Waals surface area contributed by atoms with Crippen LogP contribution in [0.25, 0.3) is 0 Å². The Labute approximate surface area is 130 Å². The van der Waals surface area contributed by atoms with Crippen LogP contribution in [0, 0.1) is 44.4 Å². The summed E-state index contributed by atoms with van der Waals surface area (Å²) in [6.07, 6.45) is 4.74. The zero-order valence-corrected chi connectivity index (χ0v) is 13.1. The molecule has 116 valence electrons. The predicted molar refractivity (Wildman–Crippen MR) is 84.6 cm³/mol. The van der Waals surface area contributed by atoms with E-state index in [1.54, 1.807) is 0 Å². The number of allylic oxidation sites excluding steroid dienone is 2. The van der Waals surface area contributed by atoms with E-state index in [0.717, 1.165) is 28.8 Å². The molecule has 2 bridgehead atoms. The molecule has 0 aromatic heterocycles. The summed E-state index contributed by atoms with van der Waals surface area (Å²) in [4.78, 5) is 24.2. The van der Waals surface area contributed by atoms with Crippen molar-refractivity contribution in [1.82, 2.24) is 0 Å². The van der Waals surface area contributed by atoms with Gasteiger partial charge in [0, 0.05) is 5.69 Å². The van der Waals surface area contributed by atoms with Crippen LogP contribution in [0.1, 0.15) is 23.1 Å². The molecule has 1 fully saturated rings. The van der Waals surface area contributed by atoms with Crippen LogP contribution >= 0.6 is 0 Å². The summed E-state index contributed by atoms with van der Waals surface area (Å²) in [5, 5.41) is 12.4. The molecule has 3 rings (SSSR count). The Morgan fingerprint density at radius 3 is 2.14 bits per heavy atom. The lowest BCUT2D eigenvalue weighted by Crippen LogP contribution is -2.36. The first kappa shape index (κ1) is 14.8. The van der Waals surface area contributed by atoms with Crippen molar-refractivity contribution in [2.24, 2.45) is 23.7 Å². The molecule has 2 N–H and O–H groups in total. The summed E-state index contributed by atoms with van der Waals surface area (Å²) in [5.41, 5.74) is 3.98. The normalized spacial score (nSPS) is 28.9. The van der Waals surface area contributed by atoms with Gasteiger partial charge in [-0.3, -0.25) is 9.59 Å². The standard InChI is InChI=1S/C18H21NO3/c1-9-6-10(2)16(11(3)7-9)19-17(20)14-12-4-5-13(8-12)15(14)18(21)22/h4-7,12-15H,8H2,1-3H3,(H,19,20)(H,21,22)/t12-,13+,14-,15+/m1/s1. The maximum absolute atomic E-state index is 12.7. The summed E-state index contributed by atoms with van der Waals surface area (Å²) in [5.74, 6) is -2.04. The van der Waals surface area contributed by atoms with Crippen molar-refractivity contribution < 1.29 is 14.7 Å². The molecule has 2 aliphatic carbocycles. The van der Waals surface area contributed by atoms with E-state index in [9.17, 15) is 14.7 Å². The molecule has 4 atom stereocenters. The second kappa shape index (κ2) is 5.27. The van der Waals surface area contributed by atoms with E-state index in [2.05, 4.69) is 5.32 Å². The summed E-state index contributed by atoms with van der Waals surface area (Å²) in [6, 6.07) is 4.05. The Hall–Kier alpha value is -2.10. The van der Waals surface area contributed by atoms with Crippen molar-refractivity contribution in [3.8, 4) is 0 Å². The first-order chi connectivity index (χ1) is 10.4. The minimum Gasteiger partial charge on any atom is -0.481 e. The molecule has 1 saturated carbocycles. The average Bonchev–Trinajstić information content (AvgIpc) is 3.02. The van der Waals surface area contributed by atoms with Crippen molar-refractivity contribution >= 4 is 17.6 Å². The van der Waals surface area contributed by atoms with E-state index in [-0.39, 0.29) is 17.7 Å². The highest BCUT2D eigenvalue weighted by Gasteiger charge is 2.51. The van der Waals surface area contributed by atoms with Gasteiger partial charge in [-0.25, -0.2) is 0 Å². The van der Waals surface area contributed by atoms with E-state index in [1.165, 1.54) is 0 Å². The molecule has 22 heavy (non-hydrogen) atoms. The highest BCUT2D eigenvalue weighted by atomic mass is 16.4. The minimum absolute atomic E-state index is 0.00142. The van der Waals surface area contributed by atoms with E-state index >= 15 is 0 Å². The molecular formula is C18H21NO3. The Kier molecular flexibility index (Phi) is 3.55. The molecule has 2 aliphatic rings. The zero-order valence-electron chi connectivity index (χ0n) is 13.1. The van der Waals surface area contributed by atoms with Crippen LogP contribution in [0.3, 0.4) is 0 Å². The van der Waals surface area contributed by atoms with Gasteiger partial charge in [-0.15, -0.1) is 0 Å². The second-order valence-corrected chi connectivity index (χ2v) is 6.60. The monoisotopic (exact) mass is 299 g/mol. The molecule has 4 nitrogen and oxygen atoms in total. The van der Waals surface area contributed by atoms with Crippen LogP contribution in [-0.2, 0) is 9.59 Å². The van der Waals surface area contributed by atoms with E-state index in [4.69, 9.17) is 0 Å². The average molecular weight is 299 g/mol. The molecule has 0 heterocycles. The third-order valence-corrected chi connectivity index (χ3v) is 4.97. The molecule has 1 aromatic carbocycles. The summed E-state index contributed by atoms with van der Waals surface area (Å²) in [7, 11) is 0. The van der Waals surface area contributed by atoms with Crippen molar-refractivity contribution in [3.63, 3.8) is 0 Å². The Morgan fingerprint density at radius 1 is 1.05 bits per heavy atom. The van der Waals surface area contributed by atoms with Gasteiger partial charge in [0.25, 0.3) is 0 Å². The fourth-order valence-electron chi connectivity index (χ4n) is 4.10. The van der Waals surface area contributed by atoms with Crippen LogP contribution in [0.2, 0.25) is 0 Å². The number of carboxylic acids is 1. The number of carboxylic acid groups (broad SMARTS) is 1. The fraction of sp³-hybridized carbons (Fsp3) is 0.444. The number of benzene rings is 1. The predicted octanol–water partition coefficient (Wildman–Crippen LogP) is 3.07. The number of hydrogen-bond donors (Lipinski definition) is 2. The van der Waals surface area contributed by atoms with Crippen LogP contribution in [-0.4, -0.2) is 17.0 Å². The number of rotatable bonds is 3. The van der Waals surface area contributed by atoms with Crippen LogP contribution in [0.5, 0.6) is 0 Å². The Bertz CT molecular complexity index is 654. The number of aliphatic carboxylic acids is 1. The van der Waals surface area contributed by atoms with Gasteiger partial charge >= 0.3 is 5.97 Å². The molecule has 1 amide bonds. The third kappa shape index (κ3) is 2.32. The van der Waals surface area contributed by atoms with Crippen molar-refractivity contribution in [1.29, 1.82) is 0 Å². The number of carbonyl (C=O) groups excluding carboxylic acids is 1. The molecule has 4 heteroatoms. The van der Waals surface area contributed by atoms with Gasteiger partial charge < -0.3 is 10.4 Å². The van der Waals surface area contributed by atoms with Gasteiger partial charge in [-0.05, 0) is 50.2 Å². The second-order valence-electron chi connectivity index (χ2n) is 6.60. The zero-order chi connectivity index (χ0) is 16.0. The fourth-order valence-corrected chi connectivity index (χ4v) is 4.10. The number of aryl methyl sites for hydroxylation is 3. The number of hydrogen-bond acceptors (Lipinski definition) is 2. The summed E-state index contributed by atoms with van der Waals surface area (Å²) < 4.78 is 0. The first-order valence-electron chi connectivity index (χ1n) is 7.68. The number of nitrogens with one attached hydrogen (secondary N) is 1. The van der Waals surface area contributed by atoms with E-state index in [0.29, 0.717) is 0 Å². The smallest absolute Gasteiger partial charge is 0.307 e. The van der Waals surface area contributed by atoms with Crippen LogP contribution in [0.15, 0.2) is 24.3 Å². The largest absolute Gasteiger partial charge is 0.481 e. The van der Waals surface area contributed by atoms with Gasteiger partial charge in [-0.2, -0.15) is 0 Å². The number of carbonyl (C=O) groups is 2. The maximum atomic E-state index is 12.7. The molecule has 0 saturated heterocycles. The molecule has 0 unspecified atom stereocenters. The summed E-state index contributed by atoms with van der Waals surface area (Å²) in [6.45, 7) is 5.95. The lowest BCUT2D eigenvalue weighted by molar-refractivity contribution is -0.146. The highest BCUT2D eigenvalue weighted by Crippen LogP contribution is 2.48. The lowest BCUT2D eigenvalue weighted by Gasteiger charge is -2.24. The molecular weight excluding hydrogens is 278 g/mol. The Morgan fingerprint density at radius 2 is 1.59 bits per heavy atom. The molecule has 0 spiro atoms. The van der Waals surface area contributed by atoms with Gasteiger partial charge in [-0.1, -0.05) is 29.8 Å². The first-order valence-corrected chi connectivity index (χ1v) is 7.68. The van der Waals surface area contributed by atoms with Gasteiger partial charge in [0.1, 0.15) is 0 Å². The van der Waals surface area contributed by atoms with E-state index < -0.39 is 17.8 Å². The molecule has 1 aromatic rings. The lowest BCUT2D eigenvalue weighted by atomic mass is 9.82. The summed E-state index contributed by atoms with van der Waals surface area (Å²) >= 11 is 0. The third-order valence-electron chi connectivity index (χ3n) is 4.97. The molecule has 0 radical (unpaired) electrons. The van der Waals surface area contributed by atoms with Crippen molar-refractivity contribution in [3.05, 3.63) is 41.0 Å². The topological polar surface area (TPSA) is 66.4 Å². The van der Waals surface area contributed by atoms with Crippen LogP contribution < -0.4 is 5.32 Å². The number of anilines is 1. The van der Waals surface area contributed by atoms with Crippen molar-refractivity contribution in [2.45, 2.75) is 27.2 Å². The Balaban J connectivity index is 1.86. The van der Waals surface area contributed by atoms with Gasteiger partial charge in [0.05, 0.1) is 11.8 Å². The minimum atomic E-state index is -0.866. The highest BCUT2D eigenvalue weighted by molar-refractivity contribution is 5.97. The quantitative estimate of drug-likeness (QED) is 0.843. The molecule has 0 aliphatic heterocycles. The van der Waals surface area contributed by atoms with Gasteiger partial charge in [0.2, 0.25) is 5.91 Å². The van der Waals surface area contributed by atoms with Crippen molar-refractivity contribution in [2.75, 3.05) is 5.32 Å². The number of fused-ring (bicyclic) bond motifs is 2. The van der Waals surface area contributed by atoms with E-state index in [1.807, 2.05) is 45.1 Å². The maximum Gasteiger partial charge on any atom is 0.307 e. The van der Waals surface area contributed by atoms with Crippen LogP contribution in [0.4, 0.5) is 5.69 Å². The van der Waals surface area contributed by atoms with Gasteiger partial charge in [0.15, 0.2) is 0 Å². The number of amides is 1.